The van der Waals surface area contributed by atoms with E-state index in [2.05, 4.69) is 24.1 Å². The van der Waals surface area contributed by atoms with Crippen LogP contribution >= 0.6 is 23.2 Å². The lowest BCUT2D eigenvalue weighted by Gasteiger charge is -2.32. The first-order valence-corrected chi connectivity index (χ1v) is 14.9. The fraction of sp³-hybridized carbons (Fsp3) is 0.375. The second-order valence-corrected chi connectivity index (χ2v) is 11.0. The molecule has 0 fully saturated rings. The van der Waals surface area contributed by atoms with Gasteiger partial charge in [0.15, 0.2) is 0 Å². The van der Waals surface area contributed by atoms with Crippen LogP contribution in [0.2, 0.25) is 10.0 Å². The summed E-state index contributed by atoms with van der Waals surface area (Å²) in [6.45, 7) is 12.1. The van der Waals surface area contributed by atoms with Gasteiger partial charge < -0.3 is 19.7 Å². The first kappa shape index (κ1) is 32.9. The van der Waals surface area contributed by atoms with E-state index in [0.717, 1.165) is 17.4 Å². The molecular weight excluding hydrogens is 575 g/mol. The quantitative estimate of drug-likeness (QED) is 0.202. The summed E-state index contributed by atoms with van der Waals surface area (Å²) in [5.74, 6) is -0.0903. The molecule has 0 spiro atoms. The van der Waals surface area contributed by atoms with Gasteiger partial charge in [-0.25, -0.2) is 4.79 Å². The molecule has 1 N–H and O–H groups in total. The summed E-state index contributed by atoms with van der Waals surface area (Å²) in [5.41, 5.74) is 3.04. The third kappa shape index (κ3) is 8.23. The number of pyridine rings is 1. The van der Waals surface area contributed by atoms with Crippen LogP contribution in [-0.4, -0.2) is 54.3 Å². The Morgan fingerprint density at radius 2 is 1.64 bits per heavy atom. The second kappa shape index (κ2) is 15.6. The molecule has 3 amide bonds. The summed E-state index contributed by atoms with van der Waals surface area (Å²) < 4.78 is 5.92. The monoisotopic (exact) mass is 612 g/mol. The average molecular weight is 614 g/mol. The summed E-state index contributed by atoms with van der Waals surface area (Å²) in [4.78, 5) is 46.0. The molecule has 0 saturated heterocycles. The van der Waals surface area contributed by atoms with E-state index >= 15 is 0 Å². The number of hydrogen-bond acceptors (Lipinski definition) is 5. The summed E-state index contributed by atoms with van der Waals surface area (Å²) in [7, 11) is 0. The van der Waals surface area contributed by atoms with Gasteiger partial charge in [-0.05, 0) is 68.5 Å². The number of nitrogens with one attached hydrogen (secondary N) is 1. The number of benzene rings is 2. The average Bonchev–Trinajstić information content (AvgIpc) is 2.96. The number of anilines is 2. The molecule has 1 aromatic heterocycles. The molecule has 8 nitrogen and oxygen atoms in total. The number of carbonyl (C=O) groups is 3. The van der Waals surface area contributed by atoms with E-state index in [0.29, 0.717) is 49.8 Å². The first-order valence-electron chi connectivity index (χ1n) is 14.1. The molecule has 0 radical (unpaired) electrons. The van der Waals surface area contributed by atoms with Gasteiger partial charge in [0.05, 0.1) is 27.9 Å². The fourth-order valence-electron chi connectivity index (χ4n) is 4.61. The molecule has 42 heavy (non-hydrogen) atoms. The number of hydrogen-bond donors (Lipinski definition) is 1. The van der Waals surface area contributed by atoms with Crippen LogP contribution in [0.15, 0.2) is 54.9 Å². The van der Waals surface area contributed by atoms with Gasteiger partial charge in [0, 0.05) is 43.6 Å². The number of rotatable bonds is 13. The van der Waals surface area contributed by atoms with Gasteiger partial charge in [-0.3, -0.25) is 14.7 Å². The highest BCUT2D eigenvalue weighted by atomic mass is 35.5. The maximum atomic E-state index is 13.6. The van der Waals surface area contributed by atoms with Crippen LogP contribution in [0.25, 0.3) is 0 Å². The topological polar surface area (TPSA) is 91.8 Å². The van der Waals surface area contributed by atoms with Crippen molar-refractivity contribution < 1.29 is 19.1 Å². The molecule has 0 saturated carbocycles. The van der Waals surface area contributed by atoms with Gasteiger partial charge >= 0.3 is 6.03 Å². The van der Waals surface area contributed by atoms with E-state index in [1.54, 1.807) is 21.9 Å². The van der Waals surface area contributed by atoms with Crippen molar-refractivity contribution in [3.05, 3.63) is 81.6 Å². The van der Waals surface area contributed by atoms with Gasteiger partial charge in [-0.2, -0.15) is 0 Å². The van der Waals surface area contributed by atoms with Crippen LogP contribution in [0.3, 0.4) is 0 Å². The zero-order valence-electron chi connectivity index (χ0n) is 24.7. The van der Waals surface area contributed by atoms with Crippen LogP contribution < -0.4 is 15.0 Å². The van der Waals surface area contributed by atoms with Gasteiger partial charge in [-0.1, -0.05) is 55.2 Å². The molecule has 3 rings (SSSR count). The van der Waals surface area contributed by atoms with Crippen molar-refractivity contribution in [3.63, 3.8) is 0 Å². The largest absolute Gasteiger partial charge is 0.492 e. The highest BCUT2D eigenvalue weighted by Crippen LogP contribution is 2.34. The van der Waals surface area contributed by atoms with Crippen molar-refractivity contribution in [1.82, 2.24) is 9.88 Å². The Labute approximate surface area is 258 Å². The highest BCUT2D eigenvalue weighted by Gasteiger charge is 2.26. The predicted octanol–water partition coefficient (Wildman–Crippen LogP) is 7.49. The van der Waals surface area contributed by atoms with E-state index in [1.807, 2.05) is 51.1 Å². The lowest BCUT2D eigenvalue weighted by Crippen LogP contribution is -2.45. The Hall–Kier alpha value is -3.62. The van der Waals surface area contributed by atoms with E-state index < -0.39 is 11.8 Å². The van der Waals surface area contributed by atoms with Gasteiger partial charge in [0.1, 0.15) is 12.0 Å². The smallest absolute Gasteiger partial charge is 0.324 e. The highest BCUT2D eigenvalue weighted by molar-refractivity contribution is 6.40. The van der Waals surface area contributed by atoms with Crippen molar-refractivity contribution in [2.45, 2.75) is 47.0 Å². The number of ether oxygens (including phenoxy) is 1. The Morgan fingerprint density at radius 3 is 2.19 bits per heavy atom. The molecule has 224 valence electrons. The van der Waals surface area contributed by atoms with Crippen molar-refractivity contribution in [2.24, 2.45) is 5.92 Å². The number of nitrogens with zero attached hydrogens (tertiary/aromatic N) is 3. The lowest BCUT2D eigenvalue weighted by atomic mass is 9.92. The van der Waals surface area contributed by atoms with E-state index in [4.69, 9.17) is 27.9 Å². The molecule has 10 heteroatoms. The first-order chi connectivity index (χ1) is 20.1. The Bertz CT molecular complexity index is 1360. The minimum absolute atomic E-state index is 0.0959. The zero-order chi connectivity index (χ0) is 30.8. The molecule has 2 aromatic carbocycles. The van der Waals surface area contributed by atoms with Crippen LogP contribution in [-0.2, 0) is 11.2 Å². The summed E-state index contributed by atoms with van der Waals surface area (Å²) in [6, 6.07) is 12.7. The van der Waals surface area contributed by atoms with Crippen LogP contribution in [0, 0.1) is 5.92 Å². The molecule has 0 aliphatic rings. The van der Waals surface area contributed by atoms with Crippen molar-refractivity contribution in [1.29, 1.82) is 0 Å². The number of carbonyl (C=O) groups excluding carboxylic acids is 3. The van der Waals surface area contributed by atoms with Crippen LogP contribution in [0.5, 0.6) is 5.75 Å². The number of urea groups is 1. The van der Waals surface area contributed by atoms with E-state index in [9.17, 15) is 14.4 Å². The number of aldehydes is 1. The molecule has 1 unspecified atom stereocenters. The SMILES string of the molecule is CCOc1ccc(C(C=O)Cc2ccc(NC(=O)c3c(Cl)cncc3Cl)cc2)cc1N(CC(C)C)C(=O)N(CC)CC. The van der Waals surface area contributed by atoms with Crippen molar-refractivity contribution in [3.8, 4) is 5.75 Å². The van der Waals surface area contributed by atoms with E-state index in [1.165, 1.54) is 12.4 Å². The van der Waals surface area contributed by atoms with E-state index in [-0.39, 0.29) is 27.6 Å². The standard InChI is InChI=1S/C32H38Cl2N4O4/c1-6-37(7-2)32(41)38(19-21(4)5)28-16-23(11-14-29(28)42-8-3)24(20-39)15-22-9-12-25(13-10-22)36-31(40)30-26(33)17-35-18-27(30)34/h9-14,16-18,20-21,24H,6-8,15,19H2,1-5H3,(H,36,40). The molecule has 0 bridgehead atoms. The number of aromatic nitrogens is 1. The van der Waals surface area contributed by atoms with Gasteiger partial charge in [-0.15, -0.1) is 0 Å². The molecule has 3 aromatic rings. The summed E-state index contributed by atoms with van der Waals surface area (Å²) in [6.07, 6.45) is 4.07. The fourth-order valence-corrected chi connectivity index (χ4v) is 5.14. The molecule has 1 heterocycles. The van der Waals surface area contributed by atoms with Crippen molar-refractivity contribution >= 4 is 52.8 Å². The van der Waals surface area contributed by atoms with Gasteiger partial charge in [0.25, 0.3) is 5.91 Å². The molecular formula is C32H38Cl2N4O4. The summed E-state index contributed by atoms with van der Waals surface area (Å²) >= 11 is 12.2. The lowest BCUT2D eigenvalue weighted by molar-refractivity contribution is -0.109. The normalized spacial score (nSPS) is 11.6. The summed E-state index contributed by atoms with van der Waals surface area (Å²) in [5, 5.41) is 3.10. The third-order valence-corrected chi connectivity index (χ3v) is 7.30. The predicted molar refractivity (Wildman–Crippen MR) is 169 cm³/mol. The third-order valence-electron chi connectivity index (χ3n) is 6.73. The minimum Gasteiger partial charge on any atom is -0.492 e. The number of amides is 3. The Morgan fingerprint density at radius 1 is 1.00 bits per heavy atom. The molecule has 0 aliphatic carbocycles. The Kier molecular flexibility index (Phi) is 12.2. The Balaban J connectivity index is 1.87. The number of halogens is 2. The van der Waals surface area contributed by atoms with Crippen LogP contribution in [0.1, 0.15) is 62.0 Å². The maximum Gasteiger partial charge on any atom is 0.324 e. The minimum atomic E-state index is -0.459. The second-order valence-electron chi connectivity index (χ2n) is 10.2. The molecule has 0 aliphatic heterocycles. The van der Waals surface area contributed by atoms with Crippen molar-refractivity contribution in [2.75, 3.05) is 36.5 Å². The maximum absolute atomic E-state index is 13.6. The van der Waals surface area contributed by atoms with Gasteiger partial charge in [0.2, 0.25) is 0 Å². The molecule has 1 atom stereocenters. The zero-order valence-corrected chi connectivity index (χ0v) is 26.2. The van der Waals surface area contributed by atoms with Crippen LogP contribution in [0.4, 0.5) is 16.2 Å².